The summed E-state index contributed by atoms with van der Waals surface area (Å²) in [5, 5.41) is 13.0. The molecule has 1 atom stereocenters. The molecule has 2 aromatic rings. The lowest BCUT2D eigenvalue weighted by Gasteiger charge is -2.28. The van der Waals surface area contributed by atoms with Gasteiger partial charge in [0.15, 0.2) is 5.54 Å². The van der Waals surface area contributed by atoms with E-state index in [1.54, 1.807) is 7.11 Å². The molecular formula is C17H18N2O. The van der Waals surface area contributed by atoms with Crippen molar-refractivity contribution in [1.82, 2.24) is 0 Å². The third-order valence-electron chi connectivity index (χ3n) is 3.44. The molecular weight excluding hydrogens is 248 g/mol. The fourth-order valence-electron chi connectivity index (χ4n) is 2.18. The fourth-order valence-corrected chi connectivity index (χ4v) is 2.18. The van der Waals surface area contributed by atoms with Gasteiger partial charge in [0.2, 0.25) is 0 Å². The van der Waals surface area contributed by atoms with Gasteiger partial charge in [0.25, 0.3) is 0 Å². The smallest absolute Gasteiger partial charge is 0.150 e. The standard InChI is InChI=1S/C17H18N2O/c1-3-17(13-18,19-15-7-5-4-6-8-15)14-9-11-16(20-2)12-10-14/h4-12,19H,3H2,1-2H3. The van der Waals surface area contributed by atoms with Crippen LogP contribution in [0.3, 0.4) is 0 Å². The zero-order valence-electron chi connectivity index (χ0n) is 11.8. The van der Waals surface area contributed by atoms with Crippen LogP contribution >= 0.6 is 0 Å². The molecule has 0 aliphatic rings. The lowest BCUT2D eigenvalue weighted by atomic mass is 9.88. The van der Waals surface area contributed by atoms with Crippen LogP contribution in [0, 0.1) is 11.3 Å². The Balaban J connectivity index is 2.36. The number of ether oxygens (including phenoxy) is 1. The first kappa shape index (κ1) is 14.0. The van der Waals surface area contributed by atoms with Gasteiger partial charge in [0, 0.05) is 5.69 Å². The molecule has 2 rings (SSSR count). The Hall–Kier alpha value is -2.47. The maximum absolute atomic E-state index is 9.67. The van der Waals surface area contributed by atoms with Gasteiger partial charge in [-0.05, 0) is 36.2 Å². The molecule has 0 amide bonds. The Morgan fingerprint density at radius 1 is 1.10 bits per heavy atom. The van der Waals surface area contributed by atoms with Gasteiger partial charge in [-0.3, -0.25) is 0 Å². The van der Waals surface area contributed by atoms with E-state index in [-0.39, 0.29) is 0 Å². The molecule has 0 radical (unpaired) electrons. The van der Waals surface area contributed by atoms with Gasteiger partial charge >= 0.3 is 0 Å². The molecule has 0 aliphatic carbocycles. The largest absolute Gasteiger partial charge is 0.497 e. The summed E-state index contributed by atoms with van der Waals surface area (Å²) in [6.45, 7) is 2.00. The van der Waals surface area contributed by atoms with Crippen molar-refractivity contribution < 1.29 is 4.74 Å². The van der Waals surface area contributed by atoms with E-state index in [9.17, 15) is 5.26 Å². The van der Waals surface area contributed by atoms with E-state index < -0.39 is 5.54 Å². The van der Waals surface area contributed by atoms with Crippen LogP contribution < -0.4 is 10.1 Å². The quantitative estimate of drug-likeness (QED) is 0.891. The highest BCUT2D eigenvalue weighted by Crippen LogP contribution is 2.30. The molecule has 0 fully saturated rings. The summed E-state index contributed by atoms with van der Waals surface area (Å²) in [7, 11) is 1.63. The molecule has 3 heteroatoms. The predicted octanol–water partition coefficient (Wildman–Crippen LogP) is 3.94. The molecule has 2 aromatic carbocycles. The topological polar surface area (TPSA) is 45.0 Å². The van der Waals surface area contributed by atoms with E-state index in [1.807, 2.05) is 61.5 Å². The second-order valence-corrected chi connectivity index (χ2v) is 4.59. The highest BCUT2D eigenvalue weighted by Gasteiger charge is 2.30. The van der Waals surface area contributed by atoms with Crippen LogP contribution in [0.1, 0.15) is 18.9 Å². The van der Waals surface area contributed by atoms with Crippen LogP contribution in [-0.4, -0.2) is 7.11 Å². The van der Waals surface area contributed by atoms with Gasteiger partial charge in [-0.25, -0.2) is 0 Å². The molecule has 0 spiro atoms. The molecule has 0 heterocycles. The molecule has 0 saturated carbocycles. The SMILES string of the molecule is CCC(C#N)(Nc1ccccc1)c1ccc(OC)cc1. The van der Waals surface area contributed by atoms with Crippen molar-refractivity contribution in [1.29, 1.82) is 5.26 Å². The summed E-state index contributed by atoms with van der Waals surface area (Å²) in [4.78, 5) is 0. The van der Waals surface area contributed by atoms with Gasteiger partial charge in [-0.2, -0.15) is 5.26 Å². The normalized spacial score (nSPS) is 13.1. The van der Waals surface area contributed by atoms with Gasteiger partial charge in [0.1, 0.15) is 5.75 Å². The van der Waals surface area contributed by atoms with Crippen LogP contribution in [0.2, 0.25) is 0 Å². The van der Waals surface area contributed by atoms with E-state index in [0.717, 1.165) is 17.0 Å². The zero-order valence-corrected chi connectivity index (χ0v) is 11.8. The molecule has 0 aromatic heterocycles. The molecule has 1 N–H and O–H groups in total. The van der Waals surface area contributed by atoms with Crippen molar-refractivity contribution in [2.24, 2.45) is 0 Å². The molecule has 102 valence electrons. The summed E-state index contributed by atoms with van der Waals surface area (Å²) in [5.41, 5.74) is 1.15. The Morgan fingerprint density at radius 2 is 1.75 bits per heavy atom. The van der Waals surface area contributed by atoms with E-state index >= 15 is 0 Å². The minimum atomic E-state index is -0.729. The van der Waals surface area contributed by atoms with Gasteiger partial charge < -0.3 is 10.1 Å². The summed E-state index contributed by atoms with van der Waals surface area (Å²) >= 11 is 0. The maximum atomic E-state index is 9.67. The first-order valence-corrected chi connectivity index (χ1v) is 6.63. The Labute approximate surface area is 119 Å². The van der Waals surface area contributed by atoms with Crippen molar-refractivity contribution in [3.63, 3.8) is 0 Å². The van der Waals surface area contributed by atoms with Gasteiger partial charge in [-0.15, -0.1) is 0 Å². The maximum Gasteiger partial charge on any atom is 0.150 e. The number of nitrogens with zero attached hydrogens (tertiary/aromatic N) is 1. The predicted molar refractivity (Wildman–Crippen MR) is 80.6 cm³/mol. The van der Waals surface area contributed by atoms with Crippen LogP contribution in [0.25, 0.3) is 0 Å². The van der Waals surface area contributed by atoms with Crippen molar-refractivity contribution in [2.75, 3.05) is 12.4 Å². The Bertz CT molecular complexity index is 587. The Kier molecular flexibility index (Phi) is 4.27. The molecule has 1 unspecified atom stereocenters. The molecule has 20 heavy (non-hydrogen) atoms. The van der Waals surface area contributed by atoms with Crippen molar-refractivity contribution in [2.45, 2.75) is 18.9 Å². The lowest BCUT2D eigenvalue weighted by molar-refractivity contribution is 0.414. The second-order valence-electron chi connectivity index (χ2n) is 4.59. The number of hydrogen-bond acceptors (Lipinski definition) is 3. The number of methoxy groups -OCH3 is 1. The van der Waals surface area contributed by atoms with Crippen LogP contribution in [0.5, 0.6) is 5.75 Å². The van der Waals surface area contributed by atoms with Gasteiger partial charge in [0.05, 0.1) is 13.2 Å². The van der Waals surface area contributed by atoms with Gasteiger partial charge in [-0.1, -0.05) is 37.3 Å². The van der Waals surface area contributed by atoms with E-state index in [2.05, 4.69) is 11.4 Å². The molecule has 3 nitrogen and oxygen atoms in total. The van der Waals surface area contributed by atoms with Crippen LogP contribution in [-0.2, 0) is 5.54 Å². The number of anilines is 1. The number of rotatable bonds is 5. The second kappa shape index (κ2) is 6.12. The van der Waals surface area contributed by atoms with Crippen molar-refractivity contribution >= 4 is 5.69 Å². The average molecular weight is 266 g/mol. The highest BCUT2D eigenvalue weighted by molar-refractivity contribution is 5.51. The summed E-state index contributed by atoms with van der Waals surface area (Å²) in [6.07, 6.45) is 0.671. The van der Waals surface area contributed by atoms with E-state index in [4.69, 9.17) is 4.74 Å². The summed E-state index contributed by atoms with van der Waals surface area (Å²) in [5.74, 6) is 0.788. The summed E-state index contributed by atoms with van der Waals surface area (Å²) in [6, 6.07) is 19.8. The van der Waals surface area contributed by atoms with E-state index in [1.165, 1.54) is 0 Å². The highest BCUT2D eigenvalue weighted by atomic mass is 16.5. The molecule has 0 saturated heterocycles. The molecule has 0 aliphatic heterocycles. The first-order valence-electron chi connectivity index (χ1n) is 6.63. The van der Waals surface area contributed by atoms with Crippen molar-refractivity contribution in [3.8, 4) is 11.8 Å². The van der Waals surface area contributed by atoms with Crippen molar-refractivity contribution in [3.05, 3.63) is 60.2 Å². The number of nitrogens with one attached hydrogen (secondary N) is 1. The van der Waals surface area contributed by atoms with Crippen LogP contribution in [0.15, 0.2) is 54.6 Å². The van der Waals surface area contributed by atoms with E-state index in [0.29, 0.717) is 6.42 Å². The number of hydrogen-bond donors (Lipinski definition) is 1. The number of nitriles is 1. The Morgan fingerprint density at radius 3 is 2.25 bits per heavy atom. The number of para-hydroxylation sites is 1. The summed E-state index contributed by atoms with van der Waals surface area (Å²) < 4.78 is 5.16. The lowest BCUT2D eigenvalue weighted by Crippen LogP contribution is -2.32. The zero-order chi connectivity index (χ0) is 14.4. The fraction of sp³-hybridized carbons (Fsp3) is 0.235. The molecule has 0 bridgehead atoms. The minimum absolute atomic E-state index is 0.671. The average Bonchev–Trinajstić information content (AvgIpc) is 2.54. The monoisotopic (exact) mass is 266 g/mol. The third-order valence-corrected chi connectivity index (χ3v) is 3.44. The first-order chi connectivity index (χ1) is 9.74. The van der Waals surface area contributed by atoms with Crippen LogP contribution in [0.4, 0.5) is 5.69 Å². The number of benzene rings is 2. The third kappa shape index (κ3) is 2.75. The minimum Gasteiger partial charge on any atom is -0.497 e.